The Kier molecular flexibility index (Phi) is 5.60. The van der Waals surface area contributed by atoms with Crippen molar-refractivity contribution >= 4 is 56.5 Å². The Morgan fingerprint density at radius 3 is 2.88 bits per heavy atom. The molecule has 0 atom stereocenters. The molecule has 7 nitrogen and oxygen atoms in total. The lowest BCUT2D eigenvalue weighted by molar-refractivity contribution is -0.115. The highest BCUT2D eigenvalue weighted by Crippen LogP contribution is 2.38. The topological polar surface area (TPSA) is 102 Å². The van der Waals surface area contributed by atoms with E-state index in [2.05, 4.69) is 34.6 Å². The first-order chi connectivity index (χ1) is 15.5. The first kappa shape index (κ1) is 21.0. The molecule has 0 radical (unpaired) electrons. The van der Waals surface area contributed by atoms with Gasteiger partial charge < -0.3 is 11.1 Å². The third kappa shape index (κ3) is 3.75. The molecule has 0 spiro atoms. The number of fused-ring (bicyclic) bond motifs is 4. The number of rotatable bonds is 6. The molecule has 2 amide bonds. The van der Waals surface area contributed by atoms with Crippen LogP contribution in [0.25, 0.3) is 16.6 Å². The minimum absolute atomic E-state index is 0.131. The monoisotopic (exact) mass is 465 g/mol. The molecule has 9 heteroatoms. The van der Waals surface area contributed by atoms with E-state index in [1.165, 1.54) is 28.0 Å². The molecule has 32 heavy (non-hydrogen) atoms. The number of anilines is 1. The molecule has 0 saturated heterocycles. The number of thioether (sulfide) groups is 1. The summed E-state index contributed by atoms with van der Waals surface area (Å²) in [7, 11) is 0. The summed E-state index contributed by atoms with van der Waals surface area (Å²) in [5, 5.41) is 14.1. The lowest BCUT2D eigenvalue weighted by Gasteiger charge is -2.11. The minimum Gasteiger partial charge on any atom is -0.365 e. The van der Waals surface area contributed by atoms with Crippen molar-refractivity contribution in [3.05, 3.63) is 51.9 Å². The fourth-order valence-electron chi connectivity index (χ4n) is 4.31. The van der Waals surface area contributed by atoms with E-state index < -0.39 is 5.91 Å². The van der Waals surface area contributed by atoms with E-state index in [-0.39, 0.29) is 5.91 Å². The van der Waals surface area contributed by atoms with E-state index in [9.17, 15) is 9.59 Å². The second kappa shape index (κ2) is 8.55. The standard InChI is InChI=1S/C23H23N5O2S2/c1-13-12-18-26-27-23(28(18)16-8-4-2-6-14(13)16)31-11-10-19(29)25-22-20(21(24)30)15-7-3-5-9-17(15)32-22/h2,4,6,8,12H,3,5,7,9-11H2,1H3,(H2,24,30)(H,25,29). The Morgan fingerprint density at radius 1 is 1.22 bits per heavy atom. The van der Waals surface area contributed by atoms with Crippen LogP contribution in [-0.2, 0) is 17.6 Å². The highest BCUT2D eigenvalue weighted by molar-refractivity contribution is 7.99. The van der Waals surface area contributed by atoms with Crippen LogP contribution in [0.15, 0.2) is 35.5 Å². The molecule has 1 aliphatic rings. The molecule has 3 N–H and O–H groups in total. The molecular weight excluding hydrogens is 442 g/mol. The summed E-state index contributed by atoms with van der Waals surface area (Å²) < 4.78 is 2.03. The third-order valence-electron chi connectivity index (χ3n) is 5.80. The zero-order valence-corrected chi connectivity index (χ0v) is 19.3. The second-order valence-electron chi connectivity index (χ2n) is 7.95. The second-order valence-corrected chi connectivity index (χ2v) is 10.1. The van der Waals surface area contributed by atoms with Crippen LogP contribution in [0.2, 0.25) is 0 Å². The van der Waals surface area contributed by atoms with Crippen molar-refractivity contribution in [2.45, 2.75) is 44.2 Å². The fraction of sp³-hybridized carbons (Fsp3) is 0.304. The van der Waals surface area contributed by atoms with E-state index in [0.29, 0.717) is 22.7 Å². The zero-order valence-electron chi connectivity index (χ0n) is 17.7. The highest BCUT2D eigenvalue weighted by Gasteiger charge is 2.25. The predicted molar refractivity (Wildman–Crippen MR) is 129 cm³/mol. The van der Waals surface area contributed by atoms with Crippen LogP contribution in [0.3, 0.4) is 0 Å². The maximum absolute atomic E-state index is 12.6. The lowest BCUT2D eigenvalue weighted by Crippen LogP contribution is -2.18. The first-order valence-corrected chi connectivity index (χ1v) is 12.4. The van der Waals surface area contributed by atoms with Crippen molar-refractivity contribution in [3.63, 3.8) is 0 Å². The number of nitrogens with two attached hydrogens (primary N) is 1. The van der Waals surface area contributed by atoms with Gasteiger partial charge in [-0.2, -0.15) is 0 Å². The average molecular weight is 466 g/mol. The van der Waals surface area contributed by atoms with Gasteiger partial charge in [-0.3, -0.25) is 14.0 Å². The van der Waals surface area contributed by atoms with E-state index >= 15 is 0 Å². The number of nitrogens with one attached hydrogen (secondary N) is 1. The van der Waals surface area contributed by atoms with Crippen molar-refractivity contribution in [2.75, 3.05) is 11.1 Å². The molecule has 164 valence electrons. The SMILES string of the molecule is Cc1cc2nnc(SCCC(=O)Nc3sc4c(c3C(N)=O)CCCC4)n2c2ccccc12. The largest absolute Gasteiger partial charge is 0.365 e. The van der Waals surface area contributed by atoms with Crippen LogP contribution in [0.1, 0.15) is 45.6 Å². The van der Waals surface area contributed by atoms with E-state index in [0.717, 1.165) is 58.5 Å². The summed E-state index contributed by atoms with van der Waals surface area (Å²) in [4.78, 5) is 25.8. The number of amides is 2. The fourth-order valence-corrected chi connectivity index (χ4v) is 6.51. The first-order valence-electron chi connectivity index (χ1n) is 10.6. The highest BCUT2D eigenvalue weighted by atomic mass is 32.2. The lowest BCUT2D eigenvalue weighted by atomic mass is 9.95. The molecule has 5 rings (SSSR count). The molecule has 0 saturated carbocycles. The summed E-state index contributed by atoms with van der Waals surface area (Å²) in [5.41, 5.74) is 10.1. The molecule has 0 fully saturated rings. The Balaban J connectivity index is 1.30. The van der Waals surface area contributed by atoms with Gasteiger partial charge in [0.15, 0.2) is 10.8 Å². The van der Waals surface area contributed by atoms with Gasteiger partial charge in [0.1, 0.15) is 5.00 Å². The molecule has 0 unspecified atom stereocenters. The molecular formula is C23H23N5O2S2. The number of pyridine rings is 1. The van der Waals surface area contributed by atoms with Crippen molar-refractivity contribution in [2.24, 2.45) is 5.73 Å². The summed E-state index contributed by atoms with van der Waals surface area (Å²) in [6, 6.07) is 10.2. The van der Waals surface area contributed by atoms with Gasteiger partial charge in [0, 0.05) is 22.4 Å². The third-order valence-corrected chi connectivity index (χ3v) is 7.94. The van der Waals surface area contributed by atoms with Gasteiger partial charge in [-0.05, 0) is 55.9 Å². The van der Waals surface area contributed by atoms with Gasteiger partial charge in [-0.15, -0.1) is 21.5 Å². The number of hydrogen-bond donors (Lipinski definition) is 2. The van der Waals surface area contributed by atoms with Crippen LogP contribution in [0.5, 0.6) is 0 Å². The number of carbonyl (C=O) groups excluding carboxylic acids is 2. The Hall–Kier alpha value is -2.91. The normalized spacial score (nSPS) is 13.4. The predicted octanol–water partition coefficient (Wildman–Crippen LogP) is 4.35. The molecule has 0 aliphatic heterocycles. The zero-order chi connectivity index (χ0) is 22.2. The smallest absolute Gasteiger partial charge is 0.251 e. The number of hydrogen-bond acceptors (Lipinski definition) is 6. The molecule has 1 aromatic carbocycles. The Morgan fingerprint density at radius 2 is 2.03 bits per heavy atom. The quantitative estimate of drug-likeness (QED) is 0.412. The maximum atomic E-state index is 12.6. The van der Waals surface area contributed by atoms with Gasteiger partial charge in [-0.25, -0.2) is 0 Å². The van der Waals surface area contributed by atoms with Gasteiger partial charge in [-0.1, -0.05) is 30.0 Å². The molecule has 4 aromatic rings. The molecule has 3 heterocycles. The van der Waals surface area contributed by atoms with Crippen molar-refractivity contribution in [3.8, 4) is 0 Å². The van der Waals surface area contributed by atoms with E-state index in [1.54, 1.807) is 0 Å². The Bertz CT molecular complexity index is 1360. The van der Waals surface area contributed by atoms with E-state index in [4.69, 9.17) is 5.73 Å². The minimum atomic E-state index is -0.467. The maximum Gasteiger partial charge on any atom is 0.251 e. The van der Waals surface area contributed by atoms with Crippen LogP contribution < -0.4 is 11.1 Å². The van der Waals surface area contributed by atoms with Crippen LogP contribution in [0.4, 0.5) is 5.00 Å². The number of primary amides is 1. The summed E-state index contributed by atoms with van der Waals surface area (Å²) in [6.45, 7) is 2.07. The van der Waals surface area contributed by atoms with Crippen molar-refractivity contribution in [1.29, 1.82) is 0 Å². The van der Waals surface area contributed by atoms with E-state index in [1.807, 2.05) is 22.6 Å². The molecule has 3 aromatic heterocycles. The summed E-state index contributed by atoms with van der Waals surface area (Å²) in [5.74, 6) is -0.0504. The molecule has 1 aliphatic carbocycles. The Labute approximate surface area is 193 Å². The number of aromatic nitrogens is 3. The van der Waals surface area contributed by atoms with Gasteiger partial charge in [0.05, 0.1) is 11.1 Å². The van der Waals surface area contributed by atoms with Crippen LogP contribution in [-0.4, -0.2) is 32.2 Å². The number of benzene rings is 1. The van der Waals surface area contributed by atoms with Gasteiger partial charge in [0.25, 0.3) is 5.91 Å². The number of para-hydroxylation sites is 1. The van der Waals surface area contributed by atoms with Crippen molar-refractivity contribution in [1.82, 2.24) is 14.6 Å². The summed E-state index contributed by atoms with van der Waals surface area (Å²) in [6.07, 6.45) is 4.25. The number of aryl methyl sites for hydroxylation is 2. The molecule has 0 bridgehead atoms. The number of carbonyl (C=O) groups is 2. The number of nitrogens with zero attached hydrogens (tertiary/aromatic N) is 3. The van der Waals surface area contributed by atoms with Crippen LogP contribution in [0, 0.1) is 6.92 Å². The summed E-state index contributed by atoms with van der Waals surface area (Å²) >= 11 is 2.98. The van der Waals surface area contributed by atoms with Crippen molar-refractivity contribution < 1.29 is 9.59 Å². The van der Waals surface area contributed by atoms with Gasteiger partial charge >= 0.3 is 0 Å². The van der Waals surface area contributed by atoms with Gasteiger partial charge in [0.2, 0.25) is 5.91 Å². The van der Waals surface area contributed by atoms with Crippen LogP contribution >= 0.6 is 23.1 Å². The number of thiophene rings is 1. The average Bonchev–Trinajstić information content (AvgIpc) is 3.34.